The van der Waals surface area contributed by atoms with Gasteiger partial charge >= 0.3 is 5.69 Å². The number of imidazole rings is 1. The number of nitrogens with zero attached hydrogens (tertiary/aromatic N) is 3. The molecule has 0 aliphatic carbocycles. The largest absolute Gasteiger partial charge is 0.376 e. The molecule has 4 aromatic rings. The second-order valence-electron chi connectivity index (χ2n) is 10.1. The van der Waals surface area contributed by atoms with Crippen LogP contribution in [0, 0.1) is 0 Å². The van der Waals surface area contributed by atoms with Gasteiger partial charge in [0, 0.05) is 37.8 Å². The van der Waals surface area contributed by atoms with Crippen molar-refractivity contribution in [3.63, 3.8) is 0 Å². The van der Waals surface area contributed by atoms with E-state index in [2.05, 4.69) is 82.4 Å². The third kappa shape index (κ3) is 5.78. The van der Waals surface area contributed by atoms with Crippen LogP contribution in [-0.4, -0.2) is 43.1 Å². The molecule has 1 aliphatic heterocycles. The van der Waals surface area contributed by atoms with E-state index in [1.165, 1.54) is 11.1 Å². The van der Waals surface area contributed by atoms with E-state index < -0.39 is 0 Å². The molecule has 0 bridgehead atoms. The Kier molecular flexibility index (Phi) is 7.72. The molecule has 0 radical (unpaired) electrons. The molecule has 0 amide bonds. The van der Waals surface area contributed by atoms with E-state index in [9.17, 15) is 4.79 Å². The van der Waals surface area contributed by atoms with Crippen LogP contribution in [-0.2, 0) is 13.1 Å². The van der Waals surface area contributed by atoms with Crippen molar-refractivity contribution in [2.45, 2.75) is 57.4 Å². The van der Waals surface area contributed by atoms with E-state index in [0.29, 0.717) is 5.11 Å². The quantitative estimate of drug-likeness (QED) is 0.322. The molecule has 37 heavy (non-hydrogen) atoms. The van der Waals surface area contributed by atoms with E-state index in [4.69, 9.17) is 18.0 Å². The highest BCUT2D eigenvalue weighted by Gasteiger charge is 2.33. The first-order chi connectivity index (χ1) is 18.0. The number of fused-ring (bicyclic) bond motifs is 1. The normalized spacial score (nSPS) is 18.8. The molecule has 3 N–H and O–H groups in total. The monoisotopic (exact) mass is 513 g/mol. The Hall–Kier alpha value is -3.42. The summed E-state index contributed by atoms with van der Waals surface area (Å²) in [4.78, 5) is 20.7. The summed E-state index contributed by atoms with van der Waals surface area (Å²) in [7, 11) is 0. The highest BCUT2D eigenvalue weighted by atomic mass is 32.1. The van der Waals surface area contributed by atoms with Crippen molar-refractivity contribution >= 4 is 28.4 Å². The lowest BCUT2D eigenvalue weighted by Crippen LogP contribution is -2.51. The number of thiocarbonyl (C=S) groups is 1. The molecule has 3 atom stereocenters. The fourth-order valence-corrected chi connectivity index (χ4v) is 6.00. The predicted molar refractivity (Wildman–Crippen MR) is 154 cm³/mol. The van der Waals surface area contributed by atoms with Crippen LogP contribution in [0.25, 0.3) is 11.0 Å². The number of hydrogen-bond acceptors (Lipinski definition) is 3. The SMILES string of the molecule is C[C@@H](CC1CC(n2c(=O)[nH]c3ccccc32)CCN1C(N)=S)N(Cc1ccccc1)Cc1ccccc1. The molecule has 2 heterocycles. The van der Waals surface area contributed by atoms with Crippen molar-refractivity contribution in [1.29, 1.82) is 0 Å². The summed E-state index contributed by atoms with van der Waals surface area (Å²) in [5.41, 5.74) is 10.6. The molecule has 2 unspecified atom stereocenters. The molecule has 1 fully saturated rings. The molecule has 7 heteroatoms. The number of aromatic amines is 1. The number of likely N-dealkylation sites (tertiary alicyclic amines) is 1. The van der Waals surface area contributed by atoms with E-state index in [0.717, 1.165) is 49.9 Å². The van der Waals surface area contributed by atoms with Gasteiger partial charge < -0.3 is 15.6 Å². The first-order valence-electron chi connectivity index (χ1n) is 13.1. The molecular formula is C30H35N5OS. The Morgan fingerprint density at radius 3 is 2.22 bits per heavy atom. The van der Waals surface area contributed by atoms with E-state index in [1.807, 2.05) is 28.8 Å². The van der Waals surface area contributed by atoms with E-state index in [-0.39, 0.29) is 23.8 Å². The molecule has 1 aliphatic rings. The van der Waals surface area contributed by atoms with Gasteiger partial charge in [-0.3, -0.25) is 9.47 Å². The van der Waals surface area contributed by atoms with Gasteiger partial charge in [-0.15, -0.1) is 0 Å². The molecular weight excluding hydrogens is 478 g/mol. The second-order valence-corrected chi connectivity index (χ2v) is 10.6. The number of rotatable bonds is 8. The van der Waals surface area contributed by atoms with Crippen LogP contribution in [0.2, 0.25) is 0 Å². The minimum absolute atomic E-state index is 0.0449. The average Bonchev–Trinajstić information content (AvgIpc) is 3.25. The fraction of sp³-hybridized carbons (Fsp3) is 0.333. The summed E-state index contributed by atoms with van der Waals surface area (Å²) in [5, 5.41) is 0.444. The van der Waals surface area contributed by atoms with Crippen molar-refractivity contribution < 1.29 is 0 Å². The first kappa shape index (κ1) is 25.2. The molecule has 0 saturated carbocycles. The van der Waals surface area contributed by atoms with Crippen molar-refractivity contribution in [2.24, 2.45) is 5.73 Å². The molecule has 5 rings (SSSR count). The zero-order valence-electron chi connectivity index (χ0n) is 21.3. The minimum atomic E-state index is -0.0449. The molecule has 192 valence electrons. The Balaban J connectivity index is 1.39. The lowest BCUT2D eigenvalue weighted by atomic mass is 9.92. The number of hydrogen-bond donors (Lipinski definition) is 2. The highest BCUT2D eigenvalue weighted by molar-refractivity contribution is 7.80. The summed E-state index contributed by atoms with van der Waals surface area (Å²) >= 11 is 5.48. The Bertz CT molecular complexity index is 1340. The molecule has 1 aromatic heterocycles. The van der Waals surface area contributed by atoms with Crippen LogP contribution < -0.4 is 11.4 Å². The number of nitrogens with two attached hydrogens (primary N) is 1. The van der Waals surface area contributed by atoms with Gasteiger partial charge in [0.1, 0.15) is 0 Å². The number of H-pyrrole nitrogens is 1. The number of aromatic nitrogens is 2. The topological polar surface area (TPSA) is 70.3 Å². The van der Waals surface area contributed by atoms with Gasteiger partial charge in [-0.25, -0.2) is 4.79 Å². The van der Waals surface area contributed by atoms with Crippen molar-refractivity contribution in [3.05, 3.63) is 107 Å². The third-order valence-electron chi connectivity index (χ3n) is 7.65. The summed E-state index contributed by atoms with van der Waals surface area (Å²) < 4.78 is 1.94. The summed E-state index contributed by atoms with van der Waals surface area (Å²) in [6, 6.07) is 29.7. The lowest BCUT2D eigenvalue weighted by molar-refractivity contribution is 0.118. The molecule has 1 saturated heterocycles. The molecule has 0 spiro atoms. The first-order valence-corrected chi connectivity index (χ1v) is 13.5. The molecule has 3 aromatic carbocycles. The maximum atomic E-state index is 12.9. The predicted octanol–water partition coefficient (Wildman–Crippen LogP) is 5.06. The maximum absolute atomic E-state index is 12.9. The van der Waals surface area contributed by atoms with Crippen LogP contribution in [0.5, 0.6) is 0 Å². The summed E-state index contributed by atoms with van der Waals surface area (Å²) in [6.07, 6.45) is 2.57. The van der Waals surface area contributed by atoms with Crippen LogP contribution >= 0.6 is 12.2 Å². The van der Waals surface area contributed by atoms with Gasteiger partial charge in [0.25, 0.3) is 0 Å². The van der Waals surface area contributed by atoms with Crippen LogP contribution in [0.4, 0.5) is 0 Å². The van der Waals surface area contributed by atoms with E-state index >= 15 is 0 Å². The number of piperidine rings is 1. The van der Waals surface area contributed by atoms with Crippen LogP contribution in [0.15, 0.2) is 89.7 Å². The number of nitrogens with one attached hydrogen (secondary N) is 1. The van der Waals surface area contributed by atoms with Gasteiger partial charge in [-0.05, 0) is 61.7 Å². The second kappa shape index (κ2) is 11.3. The van der Waals surface area contributed by atoms with Gasteiger partial charge in [0.15, 0.2) is 5.11 Å². The number of para-hydroxylation sites is 2. The average molecular weight is 514 g/mol. The lowest BCUT2D eigenvalue weighted by Gasteiger charge is -2.43. The zero-order valence-corrected chi connectivity index (χ0v) is 22.1. The van der Waals surface area contributed by atoms with Crippen molar-refractivity contribution in [3.8, 4) is 0 Å². The minimum Gasteiger partial charge on any atom is -0.376 e. The maximum Gasteiger partial charge on any atom is 0.326 e. The fourth-order valence-electron chi connectivity index (χ4n) is 5.76. The van der Waals surface area contributed by atoms with Crippen LogP contribution in [0.3, 0.4) is 0 Å². The van der Waals surface area contributed by atoms with Gasteiger partial charge in [0.2, 0.25) is 0 Å². The summed E-state index contributed by atoms with van der Waals surface area (Å²) in [5.74, 6) is 0. The summed E-state index contributed by atoms with van der Waals surface area (Å²) in [6.45, 7) is 4.77. The third-order valence-corrected chi connectivity index (χ3v) is 7.89. The highest BCUT2D eigenvalue weighted by Crippen LogP contribution is 2.32. The standard InChI is InChI=1S/C30H35N5OS/c1-22(33(20-23-10-4-2-5-11-23)21-24-12-6-3-7-13-24)18-26-19-25(16-17-34(26)29(31)37)35-28-15-9-8-14-27(28)32-30(35)36/h2-15,22,25-26H,16-21H2,1H3,(H2,31,37)(H,32,36)/t22-,25?,26?/m0/s1. The van der Waals surface area contributed by atoms with Gasteiger partial charge in [-0.1, -0.05) is 72.8 Å². The van der Waals surface area contributed by atoms with Crippen LogP contribution in [0.1, 0.15) is 43.4 Å². The molecule has 6 nitrogen and oxygen atoms in total. The van der Waals surface area contributed by atoms with Crippen molar-refractivity contribution in [2.75, 3.05) is 6.54 Å². The Morgan fingerprint density at radius 2 is 1.59 bits per heavy atom. The Labute approximate surface area is 223 Å². The van der Waals surface area contributed by atoms with E-state index in [1.54, 1.807) is 0 Å². The Morgan fingerprint density at radius 1 is 1.00 bits per heavy atom. The van der Waals surface area contributed by atoms with Gasteiger partial charge in [-0.2, -0.15) is 0 Å². The smallest absolute Gasteiger partial charge is 0.326 e. The van der Waals surface area contributed by atoms with Gasteiger partial charge in [0.05, 0.1) is 11.0 Å². The zero-order chi connectivity index (χ0) is 25.8. The number of benzene rings is 3. The van der Waals surface area contributed by atoms with Crippen molar-refractivity contribution in [1.82, 2.24) is 19.4 Å².